The van der Waals surface area contributed by atoms with Gasteiger partial charge in [0.15, 0.2) is 11.5 Å². The van der Waals surface area contributed by atoms with E-state index in [0.29, 0.717) is 0 Å². The van der Waals surface area contributed by atoms with Gasteiger partial charge in [0.1, 0.15) is 18.3 Å². The van der Waals surface area contributed by atoms with Crippen LogP contribution in [0.1, 0.15) is 10.4 Å². The Hall–Kier alpha value is -2.07. The summed E-state index contributed by atoms with van der Waals surface area (Å²) in [7, 11) is 2.62. The van der Waals surface area contributed by atoms with Crippen LogP contribution in [0.5, 0.6) is 17.2 Å². The Morgan fingerprint density at radius 1 is 1.13 bits per heavy atom. The first-order valence-corrected chi connectivity index (χ1v) is 6.70. The molecule has 1 aromatic rings. The zero-order chi connectivity index (χ0) is 17.1. The average molecular weight is 330 g/mol. The van der Waals surface area contributed by atoms with Gasteiger partial charge in [-0.25, -0.2) is 4.79 Å². The van der Waals surface area contributed by atoms with E-state index in [1.54, 1.807) is 0 Å². The molecule has 2 rings (SSSR count). The van der Waals surface area contributed by atoms with Crippen LogP contribution in [0.25, 0.3) is 0 Å². The largest absolute Gasteiger partial charge is 0.493 e. The summed E-state index contributed by atoms with van der Waals surface area (Å²) in [4.78, 5) is 11.1. The molecule has 128 valence electrons. The lowest BCUT2D eigenvalue weighted by Crippen LogP contribution is -2.54. The summed E-state index contributed by atoms with van der Waals surface area (Å²) < 4.78 is 20.8. The van der Waals surface area contributed by atoms with Crippen molar-refractivity contribution < 1.29 is 44.2 Å². The van der Waals surface area contributed by atoms with Gasteiger partial charge >= 0.3 is 5.97 Å². The molecule has 1 aromatic carbocycles. The number of carboxylic acids is 1. The Balaban J connectivity index is 2.33. The van der Waals surface area contributed by atoms with Crippen LogP contribution < -0.4 is 14.2 Å². The molecule has 4 N–H and O–H groups in total. The van der Waals surface area contributed by atoms with Crippen molar-refractivity contribution in [3.8, 4) is 17.2 Å². The van der Waals surface area contributed by atoms with Crippen LogP contribution in [-0.4, -0.2) is 71.8 Å². The minimum absolute atomic E-state index is 0.00707. The maximum atomic E-state index is 11.1. The molecule has 9 heteroatoms. The molecule has 0 radical (unpaired) electrons. The van der Waals surface area contributed by atoms with Gasteiger partial charge in [-0.1, -0.05) is 0 Å². The van der Waals surface area contributed by atoms with Crippen molar-refractivity contribution in [1.82, 2.24) is 0 Å². The zero-order valence-corrected chi connectivity index (χ0v) is 12.5. The SMILES string of the molecule is COc1cc(C(=O)O)cc(OC)c1OC1OCC(O)C(O)C1O. The molecule has 0 aliphatic carbocycles. The number of aliphatic hydroxyl groups is 3. The molecular formula is C14H18O9. The number of aromatic carboxylic acids is 1. The molecule has 1 aliphatic heterocycles. The summed E-state index contributed by atoms with van der Waals surface area (Å²) in [5.41, 5.74) is -0.0772. The summed E-state index contributed by atoms with van der Waals surface area (Å²) in [5.74, 6) is -1.07. The number of carbonyl (C=O) groups is 1. The second kappa shape index (κ2) is 7.01. The monoisotopic (exact) mass is 330 g/mol. The Kier molecular flexibility index (Phi) is 5.26. The molecule has 1 heterocycles. The van der Waals surface area contributed by atoms with E-state index in [1.807, 2.05) is 0 Å². The number of rotatable bonds is 5. The highest BCUT2D eigenvalue weighted by atomic mass is 16.7. The second-order valence-corrected chi connectivity index (χ2v) is 4.88. The van der Waals surface area contributed by atoms with Crippen molar-refractivity contribution in [3.63, 3.8) is 0 Å². The van der Waals surface area contributed by atoms with Crippen molar-refractivity contribution >= 4 is 5.97 Å². The standard InChI is InChI=1S/C14H18O9/c1-20-8-3-6(13(18)19)4-9(21-2)12(8)23-14-11(17)10(16)7(15)5-22-14/h3-4,7,10-11,14-17H,5H2,1-2H3,(H,18,19). The van der Waals surface area contributed by atoms with E-state index in [4.69, 9.17) is 24.1 Å². The number of hydrogen-bond donors (Lipinski definition) is 4. The van der Waals surface area contributed by atoms with Gasteiger partial charge < -0.3 is 39.4 Å². The van der Waals surface area contributed by atoms with Crippen LogP contribution in [0.4, 0.5) is 0 Å². The molecule has 0 spiro atoms. The van der Waals surface area contributed by atoms with Gasteiger partial charge in [-0.2, -0.15) is 0 Å². The molecule has 23 heavy (non-hydrogen) atoms. The number of benzene rings is 1. The molecule has 1 aliphatic rings. The van der Waals surface area contributed by atoms with Crippen molar-refractivity contribution in [2.45, 2.75) is 24.6 Å². The van der Waals surface area contributed by atoms with Gasteiger partial charge in [0.2, 0.25) is 12.0 Å². The molecule has 1 saturated heterocycles. The molecule has 0 aromatic heterocycles. The highest BCUT2D eigenvalue weighted by Gasteiger charge is 2.40. The van der Waals surface area contributed by atoms with Crippen molar-refractivity contribution in [2.75, 3.05) is 20.8 Å². The van der Waals surface area contributed by atoms with Gasteiger partial charge in [0.05, 0.1) is 26.4 Å². The molecule has 9 nitrogen and oxygen atoms in total. The summed E-state index contributed by atoms with van der Waals surface area (Å²) in [6.45, 7) is -0.235. The highest BCUT2D eigenvalue weighted by molar-refractivity contribution is 5.89. The third-order valence-electron chi connectivity index (χ3n) is 3.40. The summed E-state index contributed by atoms with van der Waals surface area (Å²) in [6.07, 6.45) is -5.47. The fraction of sp³-hybridized carbons (Fsp3) is 0.500. The normalized spacial score (nSPS) is 27.3. The predicted molar refractivity (Wildman–Crippen MR) is 74.9 cm³/mol. The lowest BCUT2D eigenvalue weighted by molar-refractivity contribution is -0.242. The van der Waals surface area contributed by atoms with Crippen molar-refractivity contribution in [2.24, 2.45) is 0 Å². The van der Waals surface area contributed by atoms with E-state index in [1.165, 1.54) is 26.4 Å². The summed E-state index contributed by atoms with van der Waals surface area (Å²) in [6, 6.07) is 2.45. The number of aliphatic hydroxyl groups excluding tert-OH is 3. The minimum Gasteiger partial charge on any atom is -0.493 e. The fourth-order valence-corrected chi connectivity index (χ4v) is 2.12. The Morgan fingerprint density at radius 2 is 1.70 bits per heavy atom. The second-order valence-electron chi connectivity index (χ2n) is 4.88. The van der Waals surface area contributed by atoms with Crippen LogP contribution >= 0.6 is 0 Å². The lowest BCUT2D eigenvalue weighted by atomic mass is 10.1. The Labute approximate surface area is 131 Å². The van der Waals surface area contributed by atoms with Crippen LogP contribution in [0, 0.1) is 0 Å². The molecule has 4 unspecified atom stereocenters. The smallest absolute Gasteiger partial charge is 0.335 e. The van der Waals surface area contributed by atoms with Gasteiger partial charge in [-0.3, -0.25) is 0 Å². The number of ether oxygens (including phenoxy) is 4. The third kappa shape index (κ3) is 3.48. The predicted octanol–water partition coefficient (Wildman–Crippen LogP) is -0.780. The van der Waals surface area contributed by atoms with E-state index < -0.39 is 30.6 Å². The topological polar surface area (TPSA) is 135 Å². The van der Waals surface area contributed by atoms with E-state index in [2.05, 4.69) is 0 Å². The van der Waals surface area contributed by atoms with E-state index in [9.17, 15) is 20.1 Å². The Morgan fingerprint density at radius 3 is 2.17 bits per heavy atom. The average Bonchev–Trinajstić information content (AvgIpc) is 2.54. The number of carboxylic acid groups (broad SMARTS) is 1. The van der Waals surface area contributed by atoms with E-state index in [0.717, 1.165) is 0 Å². The van der Waals surface area contributed by atoms with Crippen LogP contribution in [-0.2, 0) is 4.74 Å². The van der Waals surface area contributed by atoms with Gasteiger partial charge in [0.25, 0.3) is 0 Å². The van der Waals surface area contributed by atoms with Crippen LogP contribution in [0.3, 0.4) is 0 Å². The first kappa shape index (κ1) is 17.3. The summed E-state index contributed by atoms with van der Waals surface area (Å²) in [5, 5.41) is 38.1. The first-order valence-electron chi connectivity index (χ1n) is 6.70. The lowest BCUT2D eigenvalue weighted by Gasteiger charge is -2.35. The number of methoxy groups -OCH3 is 2. The zero-order valence-electron chi connectivity index (χ0n) is 12.5. The van der Waals surface area contributed by atoms with Crippen LogP contribution in [0.2, 0.25) is 0 Å². The Bertz CT molecular complexity index is 548. The van der Waals surface area contributed by atoms with E-state index >= 15 is 0 Å². The minimum atomic E-state index is -1.51. The molecular weight excluding hydrogens is 312 g/mol. The fourth-order valence-electron chi connectivity index (χ4n) is 2.12. The number of hydrogen-bond acceptors (Lipinski definition) is 8. The van der Waals surface area contributed by atoms with Crippen LogP contribution in [0.15, 0.2) is 12.1 Å². The van der Waals surface area contributed by atoms with E-state index in [-0.39, 0.29) is 29.4 Å². The van der Waals surface area contributed by atoms with Gasteiger partial charge in [-0.15, -0.1) is 0 Å². The van der Waals surface area contributed by atoms with Gasteiger partial charge in [-0.05, 0) is 12.1 Å². The van der Waals surface area contributed by atoms with Crippen molar-refractivity contribution in [3.05, 3.63) is 17.7 Å². The molecule has 0 bridgehead atoms. The molecule has 1 fully saturated rings. The summed E-state index contributed by atoms with van der Waals surface area (Å²) >= 11 is 0. The molecule has 0 saturated carbocycles. The molecule has 4 atom stereocenters. The highest BCUT2D eigenvalue weighted by Crippen LogP contribution is 2.40. The third-order valence-corrected chi connectivity index (χ3v) is 3.40. The first-order chi connectivity index (χ1) is 10.9. The molecule has 0 amide bonds. The van der Waals surface area contributed by atoms with Crippen molar-refractivity contribution in [1.29, 1.82) is 0 Å². The van der Waals surface area contributed by atoms with Gasteiger partial charge in [0, 0.05) is 0 Å². The quantitative estimate of drug-likeness (QED) is 0.548. The maximum absolute atomic E-state index is 11.1. The maximum Gasteiger partial charge on any atom is 0.335 e.